The van der Waals surface area contributed by atoms with Crippen molar-refractivity contribution in [3.05, 3.63) is 35.6 Å². The molecule has 1 aromatic carbocycles. The van der Waals surface area contributed by atoms with Gasteiger partial charge in [-0.05, 0) is 31.5 Å². The molecule has 2 amide bonds. The minimum atomic E-state index is -0.518. The first-order valence-electron chi connectivity index (χ1n) is 7.43. The van der Waals surface area contributed by atoms with E-state index in [0.29, 0.717) is 25.3 Å². The van der Waals surface area contributed by atoms with Gasteiger partial charge in [-0.3, -0.25) is 9.59 Å². The standard InChI is InChI=1S/C16H21FN2O3/c1-3-22-8-7-19-12(2)16(21)18(11-15(19)20)10-13-5-4-6-14(17)9-13/h4-6,9,12H,3,7-8,10-11H2,1-2H3/t12-/m0/s1. The van der Waals surface area contributed by atoms with Crippen LogP contribution in [0.15, 0.2) is 24.3 Å². The normalized spacial score (nSPS) is 19.0. The van der Waals surface area contributed by atoms with Crippen LogP contribution < -0.4 is 0 Å². The van der Waals surface area contributed by atoms with Crippen LogP contribution in [-0.2, 0) is 20.9 Å². The number of carbonyl (C=O) groups excluding carboxylic acids is 2. The smallest absolute Gasteiger partial charge is 0.245 e. The Balaban J connectivity index is 2.01. The molecule has 1 aliphatic rings. The summed E-state index contributed by atoms with van der Waals surface area (Å²) in [6.07, 6.45) is 0. The molecule has 0 N–H and O–H groups in total. The Bertz CT molecular complexity index is 550. The lowest BCUT2D eigenvalue weighted by molar-refractivity contribution is -0.156. The molecule has 2 rings (SSSR count). The molecule has 0 bridgehead atoms. The Hall–Kier alpha value is -1.95. The fourth-order valence-electron chi connectivity index (χ4n) is 2.56. The fraction of sp³-hybridized carbons (Fsp3) is 0.500. The van der Waals surface area contributed by atoms with E-state index in [4.69, 9.17) is 4.74 Å². The zero-order valence-electron chi connectivity index (χ0n) is 12.9. The zero-order chi connectivity index (χ0) is 16.1. The van der Waals surface area contributed by atoms with Gasteiger partial charge < -0.3 is 14.5 Å². The molecule has 0 radical (unpaired) electrons. The predicted octanol–water partition coefficient (Wildman–Crippen LogP) is 1.42. The summed E-state index contributed by atoms with van der Waals surface area (Å²) in [6, 6.07) is 5.55. The van der Waals surface area contributed by atoms with Crippen LogP contribution in [0.3, 0.4) is 0 Å². The maximum Gasteiger partial charge on any atom is 0.245 e. The van der Waals surface area contributed by atoms with Crippen molar-refractivity contribution in [2.45, 2.75) is 26.4 Å². The molecule has 1 saturated heterocycles. The lowest BCUT2D eigenvalue weighted by Crippen LogP contribution is -2.59. The van der Waals surface area contributed by atoms with Crippen LogP contribution in [0, 0.1) is 5.82 Å². The van der Waals surface area contributed by atoms with Crippen LogP contribution in [-0.4, -0.2) is 54.0 Å². The summed E-state index contributed by atoms with van der Waals surface area (Å²) in [5, 5.41) is 0. The van der Waals surface area contributed by atoms with Gasteiger partial charge in [-0.2, -0.15) is 0 Å². The number of hydrogen-bond donors (Lipinski definition) is 0. The van der Waals surface area contributed by atoms with E-state index >= 15 is 0 Å². The monoisotopic (exact) mass is 308 g/mol. The molecule has 0 aliphatic carbocycles. The summed E-state index contributed by atoms with van der Waals surface area (Å²) in [4.78, 5) is 27.6. The fourth-order valence-corrected chi connectivity index (χ4v) is 2.56. The van der Waals surface area contributed by atoms with Gasteiger partial charge in [0.2, 0.25) is 11.8 Å². The first kappa shape index (κ1) is 16.4. The van der Waals surface area contributed by atoms with Gasteiger partial charge in [-0.1, -0.05) is 12.1 Å². The molecule has 1 heterocycles. The van der Waals surface area contributed by atoms with Crippen molar-refractivity contribution in [3.63, 3.8) is 0 Å². The molecular formula is C16H21FN2O3. The Labute approximate surface area is 129 Å². The number of amides is 2. The van der Waals surface area contributed by atoms with Crippen molar-refractivity contribution in [3.8, 4) is 0 Å². The molecule has 5 nitrogen and oxygen atoms in total. The maximum absolute atomic E-state index is 13.2. The molecule has 1 aromatic rings. The number of halogens is 1. The quantitative estimate of drug-likeness (QED) is 0.747. The van der Waals surface area contributed by atoms with Gasteiger partial charge in [-0.15, -0.1) is 0 Å². The Morgan fingerprint density at radius 3 is 2.82 bits per heavy atom. The molecule has 0 saturated carbocycles. The highest BCUT2D eigenvalue weighted by atomic mass is 19.1. The van der Waals surface area contributed by atoms with Crippen molar-refractivity contribution in [2.24, 2.45) is 0 Å². The maximum atomic E-state index is 13.2. The summed E-state index contributed by atoms with van der Waals surface area (Å²) < 4.78 is 18.5. The van der Waals surface area contributed by atoms with Gasteiger partial charge in [0.15, 0.2) is 0 Å². The van der Waals surface area contributed by atoms with Crippen LogP contribution in [0.25, 0.3) is 0 Å². The van der Waals surface area contributed by atoms with Crippen molar-refractivity contribution < 1.29 is 18.7 Å². The number of benzene rings is 1. The third kappa shape index (κ3) is 3.82. The third-order valence-corrected chi connectivity index (χ3v) is 3.73. The molecule has 1 aliphatic heterocycles. The highest BCUT2D eigenvalue weighted by Gasteiger charge is 2.36. The van der Waals surface area contributed by atoms with Gasteiger partial charge in [0.25, 0.3) is 0 Å². The van der Waals surface area contributed by atoms with E-state index in [1.165, 1.54) is 17.0 Å². The SMILES string of the molecule is CCOCCN1C(=O)CN(Cc2cccc(F)c2)C(=O)[C@@H]1C. The van der Waals surface area contributed by atoms with Gasteiger partial charge in [0, 0.05) is 19.7 Å². The number of nitrogens with zero attached hydrogens (tertiary/aromatic N) is 2. The van der Waals surface area contributed by atoms with Crippen molar-refractivity contribution in [1.29, 1.82) is 0 Å². The van der Waals surface area contributed by atoms with Gasteiger partial charge >= 0.3 is 0 Å². The topological polar surface area (TPSA) is 49.9 Å². The van der Waals surface area contributed by atoms with E-state index in [1.54, 1.807) is 24.0 Å². The molecule has 6 heteroatoms. The molecule has 0 unspecified atom stereocenters. The Kier molecular flexibility index (Phi) is 5.49. The lowest BCUT2D eigenvalue weighted by Gasteiger charge is -2.38. The third-order valence-electron chi connectivity index (χ3n) is 3.73. The number of rotatable bonds is 6. The van der Waals surface area contributed by atoms with Crippen LogP contribution in [0.2, 0.25) is 0 Å². The van der Waals surface area contributed by atoms with E-state index < -0.39 is 6.04 Å². The molecule has 1 fully saturated rings. The molecule has 0 spiro atoms. The second-order valence-corrected chi connectivity index (χ2v) is 5.28. The average molecular weight is 308 g/mol. The van der Waals surface area contributed by atoms with Crippen LogP contribution in [0.4, 0.5) is 4.39 Å². The number of carbonyl (C=O) groups is 2. The van der Waals surface area contributed by atoms with Crippen molar-refractivity contribution in [2.75, 3.05) is 26.3 Å². The molecule has 22 heavy (non-hydrogen) atoms. The summed E-state index contributed by atoms with van der Waals surface area (Å²) in [5.41, 5.74) is 0.677. The average Bonchev–Trinajstić information content (AvgIpc) is 2.48. The Morgan fingerprint density at radius 1 is 1.36 bits per heavy atom. The predicted molar refractivity (Wildman–Crippen MR) is 79.5 cm³/mol. The van der Waals surface area contributed by atoms with Crippen LogP contribution in [0.5, 0.6) is 0 Å². The second kappa shape index (κ2) is 7.35. The van der Waals surface area contributed by atoms with Gasteiger partial charge in [0.05, 0.1) is 6.61 Å². The Morgan fingerprint density at radius 2 is 2.14 bits per heavy atom. The van der Waals surface area contributed by atoms with E-state index in [1.807, 2.05) is 6.92 Å². The second-order valence-electron chi connectivity index (χ2n) is 5.28. The molecule has 120 valence electrons. The minimum Gasteiger partial charge on any atom is -0.380 e. The van der Waals surface area contributed by atoms with Crippen molar-refractivity contribution in [1.82, 2.24) is 9.80 Å². The van der Waals surface area contributed by atoms with Crippen LogP contribution in [0.1, 0.15) is 19.4 Å². The number of ether oxygens (including phenoxy) is 1. The van der Waals surface area contributed by atoms with E-state index in [2.05, 4.69) is 0 Å². The minimum absolute atomic E-state index is 0.0197. The van der Waals surface area contributed by atoms with E-state index in [9.17, 15) is 14.0 Å². The summed E-state index contributed by atoms with van der Waals surface area (Å²) >= 11 is 0. The molecule has 1 atom stereocenters. The highest BCUT2D eigenvalue weighted by molar-refractivity contribution is 5.94. The van der Waals surface area contributed by atoms with E-state index in [0.717, 1.165) is 0 Å². The lowest BCUT2D eigenvalue weighted by atomic mass is 10.1. The largest absolute Gasteiger partial charge is 0.380 e. The number of piperazine rings is 1. The first-order chi connectivity index (χ1) is 10.5. The van der Waals surface area contributed by atoms with Gasteiger partial charge in [-0.25, -0.2) is 4.39 Å². The molecular weight excluding hydrogens is 287 g/mol. The molecule has 0 aromatic heterocycles. The first-order valence-corrected chi connectivity index (χ1v) is 7.43. The van der Waals surface area contributed by atoms with Crippen LogP contribution >= 0.6 is 0 Å². The van der Waals surface area contributed by atoms with Crippen molar-refractivity contribution >= 4 is 11.8 Å². The number of hydrogen-bond acceptors (Lipinski definition) is 3. The summed E-state index contributed by atoms with van der Waals surface area (Å²) in [5.74, 6) is -0.580. The summed E-state index contributed by atoms with van der Waals surface area (Å²) in [6.45, 7) is 5.27. The zero-order valence-corrected chi connectivity index (χ0v) is 12.9. The summed E-state index contributed by atoms with van der Waals surface area (Å²) in [7, 11) is 0. The van der Waals surface area contributed by atoms with E-state index in [-0.39, 0.29) is 30.7 Å². The highest BCUT2D eigenvalue weighted by Crippen LogP contribution is 2.16. The van der Waals surface area contributed by atoms with Gasteiger partial charge in [0.1, 0.15) is 18.4 Å².